The molecule has 1 fully saturated rings. The lowest BCUT2D eigenvalue weighted by atomic mass is 10.1. The van der Waals surface area contributed by atoms with Gasteiger partial charge in [0.15, 0.2) is 0 Å². The van der Waals surface area contributed by atoms with Crippen LogP contribution in [-0.2, 0) is 14.4 Å². The molecule has 12 heavy (non-hydrogen) atoms. The second kappa shape index (κ2) is 3.99. The number of carbonyl (C=O) groups is 3. The smallest absolute Gasteiger partial charge is 0.232 e. The number of hydrogen-bond acceptors (Lipinski definition) is 3. The van der Waals surface area contributed by atoms with Crippen LogP contribution >= 0.6 is 0 Å². The van der Waals surface area contributed by atoms with Crippen molar-refractivity contribution in [3.63, 3.8) is 0 Å². The van der Waals surface area contributed by atoms with Gasteiger partial charge in [-0.05, 0) is 0 Å². The molecule has 0 bridgehead atoms. The van der Waals surface area contributed by atoms with Crippen LogP contribution in [0.2, 0.25) is 0 Å². The zero-order valence-electron chi connectivity index (χ0n) is 6.24. The Kier molecular flexibility index (Phi) is 3.60. The van der Waals surface area contributed by atoms with Crippen molar-refractivity contribution >= 4 is 18.1 Å². The van der Waals surface area contributed by atoms with Crippen LogP contribution in [0, 0.1) is 5.92 Å². The van der Waals surface area contributed by atoms with E-state index in [0.29, 0.717) is 6.29 Å². The minimum atomic E-state index is -0.248. The third kappa shape index (κ3) is 1.69. The monoisotopic (exact) mass is 171 g/mol. The maximum Gasteiger partial charge on any atom is 0.232 e. The molecular weight excluding hydrogens is 158 g/mol. The fraction of sp³-hybridized carbons (Fsp3) is 0.625. The van der Waals surface area contributed by atoms with Crippen LogP contribution in [0.4, 0.5) is 0 Å². The summed E-state index contributed by atoms with van der Waals surface area (Å²) in [6.07, 6.45) is 0.806. The van der Waals surface area contributed by atoms with Gasteiger partial charge in [-0.3, -0.25) is 14.5 Å². The Labute approximate surface area is 71.5 Å². The Morgan fingerprint density at radius 2 is 2.17 bits per heavy atom. The van der Waals surface area contributed by atoms with Gasteiger partial charge in [0.2, 0.25) is 11.8 Å². The molecule has 1 unspecified atom stereocenters. The van der Waals surface area contributed by atoms with Gasteiger partial charge in [-0.1, -0.05) is 14.4 Å². The molecule has 0 aromatic heterocycles. The first kappa shape index (κ1) is 10.8. The van der Waals surface area contributed by atoms with E-state index >= 15 is 0 Å². The Balaban J connectivity index is 0.00000121. The van der Waals surface area contributed by atoms with Crippen LogP contribution in [-0.4, -0.2) is 29.5 Å². The Morgan fingerprint density at radius 1 is 1.58 bits per heavy atom. The summed E-state index contributed by atoms with van der Waals surface area (Å²) in [4.78, 5) is 33.0. The van der Waals surface area contributed by atoms with Crippen molar-refractivity contribution < 1.29 is 14.4 Å². The van der Waals surface area contributed by atoms with Crippen LogP contribution < -0.4 is 0 Å². The summed E-state index contributed by atoms with van der Waals surface area (Å²) in [5, 5.41) is 0. The molecule has 1 aliphatic heterocycles. The summed E-state index contributed by atoms with van der Waals surface area (Å²) in [6.45, 7) is 1.59. The molecule has 2 amide bonds. The van der Waals surface area contributed by atoms with E-state index in [4.69, 9.17) is 0 Å². The fourth-order valence-corrected chi connectivity index (χ4v) is 1.11. The van der Waals surface area contributed by atoms with Crippen molar-refractivity contribution in [2.24, 2.45) is 5.92 Å². The summed E-state index contributed by atoms with van der Waals surface area (Å²) < 4.78 is 0. The topological polar surface area (TPSA) is 54.5 Å². The first-order chi connectivity index (χ1) is 5.16. The molecule has 4 nitrogen and oxygen atoms in total. The minimum Gasteiger partial charge on any atom is -0.301 e. The summed E-state index contributed by atoms with van der Waals surface area (Å²) in [7, 11) is 0. The van der Waals surface area contributed by atoms with Gasteiger partial charge in [-0.15, -0.1) is 0 Å². The molecule has 0 aromatic rings. The lowest BCUT2D eigenvalue weighted by Gasteiger charge is -2.08. The standard InChI is InChI=1S/C7H9NO3.CH4/c1-5-4-6(10)8(2-3-9)7(5)11;/h3,5H,2,4H2,1H3;1H4. The highest BCUT2D eigenvalue weighted by Crippen LogP contribution is 2.17. The third-order valence-electron chi connectivity index (χ3n) is 1.73. The van der Waals surface area contributed by atoms with Gasteiger partial charge in [0.1, 0.15) is 6.29 Å². The second-order valence-corrected chi connectivity index (χ2v) is 2.61. The summed E-state index contributed by atoms with van der Waals surface area (Å²) in [6, 6.07) is 0. The van der Waals surface area contributed by atoms with Crippen molar-refractivity contribution in [1.29, 1.82) is 0 Å². The molecule has 1 saturated heterocycles. The highest BCUT2D eigenvalue weighted by Gasteiger charge is 2.34. The zero-order chi connectivity index (χ0) is 8.43. The summed E-state index contributed by atoms with van der Waals surface area (Å²) in [5.41, 5.74) is 0. The molecule has 1 heterocycles. The highest BCUT2D eigenvalue weighted by molar-refractivity contribution is 6.04. The number of nitrogens with zero attached hydrogens (tertiary/aromatic N) is 1. The van der Waals surface area contributed by atoms with E-state index in [1.54, 1.807) is 6.92 Å². The molecule has 0 N–H and O–H groups in total. The largest absolute Gasteiger partial charge is 0.301 e. The van der Waals surface area contributed by atoms with Crippen LogP contribution in [0.5, 0.6) is 0 Å². The normalized spacial score (nSPS) is 22.4. The van der Waals surface area contributed by atoms with Gasteiger partial charge >= 0.3 is 0 Å². The van der Waals surface area contributed by atoms with E-state index < -0.39 is 0 Å². The minimum absolute atomic E-state index is 0. The maximum absolute atomic E-state index is 11.1. The van der Waals surface area contributed by atoms with Gasteiger partial charge in [0, 0.05) is 12.3 Å². The van der Waals surface area contributed by atoms with E-state index in [2.05, 4.69) is 0 Å². The Bertz CT molecular complexity index is 212. The van der Waals surface area contributed by atoms with Crippen LogP contribution in [0.15, 0.2) is 0 Å². The van der Waals surface area contributed by atoms with E-state index in [1.165, 1.54) is 0 Å². The quantitative estimate of drug-likeness (QED) is 0.441. The first-order valence-corrected chi connectivity index (χ1v) is 3.44. The summed E-state index contributed by atoms with van der Waals surface area (Å²) >= 11 is 0. The average molecular weight is 171 g/mol. The molecule has 4 heteroatoms. The van der Waals surface area contributed by atoms with E-state index in [9.17, 15) is 14.4 Å². The first-order valence-electron chi connectivity index (χ1n) is 3.44. The van der Waals surface area contributed by atoms with Crippen LogP contribution in [0.25, 0.3) is 0 Å². The highest BCUT2D eigenvalue weighted by atomic mass is 16.2. The van der Waals surface area contributed by atoms with Crippen molar-refractivity contribution in [2.75, 3.05) is 6.54 Å². The molecule has 68 valence electrons. The van der Waals surface area contributed by atoms with Gasteiger partial charge in [-0.2, -0.15) is 0 Å². The van der Waals surface area contributed by atoms with Gasteiger partial charge in [-0.25, -0.2) is 0 Å². The second-order valence-electron chi connectivity index (χ2n) is 2.61. The van der Waals surface area contributed by atoms with Gasteiger partial charge in [0.05, 0.1) is 6.54 Å². The zero-order valence-corrected chi connectivity index (χ0v) is 6.24. The predicted octanol–water partition coefficient (Wildman–Crippen LogP) is 0.216. The number of rotatable bonds is 2. The molecule has 1 aliphatic rings. The molecule has 0 radical (unpaired) electrons. The van der Waals surface area contributed by atoms with E-state index in [1.807, 2.05) is 0 Å². The number of imide groups is 1. The van der Waals surface area contributed by atoms with Crippen molar-refractivity contribution in [1.82, 2.24) is 4.90 Å². The number of hydrogen-bond donors (Lipinski definition) is 0. The lowest BCUT2D eigenvalue weighted by molar-refractivity contribution is -0.140. The van der Waals surface area contributed by atoms with Gasteiger partial charge < -0.3 is 4.79 Å². The number of amides is 2. The van der Waals surface area contributed by atoms with Crippen molar-refractivity contribution in [3.8, 4) is 0 Å². The summed E-state index contributed by atoms with van der Waals surface area (Å²) in [5.74, 6) is -0.723. The molecule has 0 aromatic carbocycles. The Morgan fingerprint density at radius 3 is 2.50 bits per heavy atom. The van der Waals surface area contributed by atoms with Gasteiger partial charge in [0.25, 0.3) is 0 Å². The Hall–Kier alpha value is -1.19. The number of carbonyl (C=O) groups excluding carboxylic acids is 3. The maximum atomic E-state index is 11.1. The lowest BCUT2D eigenvalue weighted by Crippen LogP contribution is -2.31. The molecule has 1 rings (SSSR count). The van der Waals surface area contributed by atoms with Crippen molar-refractivity contribution in [3.05, 3.63) is 0 Å². The molecule has 0 spiro atoms. The predicted molar refractivity (Wildman–Crippen MR) is 43.3 cm³/mol. The van der Waals surface area contributed by atoms with Crippen LogP contribution in [0.1, 0.15) is 20.8 Å². The third-order valence-corrected chi connectivity index (χ3v) is 1.73. The van der Waals surface area contributed by atoms with E-state index in [0.717, 1.165) is 4.90 Å². The molecular formula is C8H13NO3. The SMILES string of the molecule is C.CC1CC(=O)N(CC=O)C1=O. The molecule has 0 aliphatic carbocycles. The molecule has 0 saturated carbocycles. The average Bonchev–Trinajstić information content (AvgIpc) is 2.17. The number of likely N-dealkylation sites (tertiary alicyclic amines) is 1. The fourth-order valence-electron chi connectivity index (χ4n) is 1.11. The molecule has 1 atom stereocenters. The van der Waals surface area contributed by atoms with Crippen LogP contribution in [0.3, 0.4) is 0 Å². The van der Waals surface area contributed by atoms with Crippen molar-refractivity contribution in [2.45, 2.75) is 20.8 Å². The number of aldehydes is 1. The van der Waals surface area contributed by atoms with E-state index in [-0.39, 0.29) is 38.1 Å².